The van der Waals surface area contributed by atoms with Gasteiger partial charge in [-0.05, 0) is 48.9 Å². The van der Waals surface area contributed by atoms with Gasteiger partial charge >= 0.3 is 0 Å². The highest BCUT2D eigenvalue weighted by Gasteiger charge is 2.10. The number of sulfone groups is 1. The van der Waals surface area contributed by atoms with Crippen LogP contribution >= 0.6 is 0 Å². The number of carbonyl (C=O) groups excluding carboxylic acids is 1. The zero-order valence-corrected chi connectivity index (χ0v) is 15.3. The van der Waals surface area contributed by atoms with E-state index in [4.69, 9.17) is 4.74 Å². The third kappa shape index (κ3) is 5.90. The maximum atomic E-state index is 12.3. The molecule has 0 aliphatic heterocycles. The summed E-state index contributed by atoms with van der Waals surface area (Å²) >= 11 is 0. The third-order valence-electron chi connectivity index (χ3n) is 3.65. The van der Waals surface area contributed by atoms with Gasteiger partial charge in [0, 0.05) is 17.5 Å². The van der Waals surface area contributed by atoms with E-state index in [1.54, 1.807) is 36.4 Å². The van der Waals surface area contributed by atoms with Gasteiger partial charge in [-0.25, -0.2) is 8.42 Å². The normalized spacial score (nSPS) is 11.1. The molecule has 0 saturated heterocycles. The van der Waals surface area contributed by atoms with Gasteiger partial charge < -0.3 is 10.1 Å². The van der Waals surface area contributed by atoms with E-state index >= 15 is 0 Å². The molecule has 2 aromatic carbocycles. The summed E-state index contributed by atoms with van der Waals surface area (Å²) in [6.45, 7) is 2.80. The van der Waals surface area contributed by atoms with Gasteiger partial charge in [0.1, 0.15) is 5.75 Å². The molecule has 5 nitrogen and oxygen atoms in total. The van der Waals surface area contributed by atoms with Gasteiger partial charge in [-0.3, -0.25) is 4.79 Å². The van der Waals surface area contributed by atoms with Gasteiger partial charge in [0.05, 0.1) is 11.5 Å². The first-order chi connectivity index (χ1) is 11.9. The number of hydrogen-bond acceptors (Lipinski definition) is 4. The van der Waals surface area contributed by atoms with E-state index in [9.17, 15) is 13.2 Å². The summed E-state index contributed by atoms with van der Waals surface area (Å²) in [5, 5.41) is 2.71. The Morgan fingerprint density at radius 3 is 2.44 bits per heavy atom. The molecule has 25 heavy (non-hydrogen) atoms. The summed E-state index contributed by atoms with van der Waals surface area (Å²) in [4.78, 5) is 12.5. The molecule has 0 radical (unpaired) electrons. The molecule has 0 unspecified atom stereocenters. The van der Waals surface area contributed by atoms with Crippen LogP contribution in [0.25, 0.3) is 0 Å². The molecule has 134 valence electrons. The van der Waals surface area contributed by atoms with E-state index in [2.05, 4.69) is 12.2 Å². The van der Waals surface area contributed by atoms with Crippen molar-refractivity contribution in [3.05, 3.63) is 54.1 Å². The third-order valence-corrected chi connectivity index (χ3v) is 4.76. The lowest BCUT2D eigenvalue weighted by atomic mass is 10.2. The number of ether oxygens (including phenoxy) is 1. The van der Waals surface area contributed by atoms with Crippen molar-refractivity contribution < 1.29 is 17.9 Å². The van der Waals surface area contributed by atoms with Gasteiger partial charge in [0.15, 0.2) is 9.84 Å². The van der Waals surface area contributed by atoms with Crippen LogP contribution in [0, 0.1) is 0 Å². The Kier molecular flexibility index (Phi) is 6.58. The van der Waals surface area contributed by atoms with Crippen molar-refractivity contribution in [2.24, 2.45) is 0 Å². The minimum Gasteiger partial charge on any atom is -0.494 e. The van der Waals surface area contributed by atoms with Crippen molar-refractivity contribution in [3.63, 3.8) is 0 Å². The van der Waals surface area contributed by atoms with E-state index in [0.29, 0.717) is 17.9 Å². The SMILES string of the molecule is CCCCCOc1ccc(C(=O)Nc2cccc(S(C)(=O)=O)c2)cc1. The Morgan fingerprint density at radius 1 is 1.08 bits per heavy atom. The second-order valence-corrected chi connectivity index (χ2v) is 7.85. The van der Waals surface area contributed by atoms with Crippen molar-refractivity contribution in [2.75, 3.05) is 18.2 Å². The fraction of sp³-hybridized carbons (Fsp3) is 0.316. The Morgan fingerprint density at radius 2 is 1.80 bits per heavy atom. The van der Waals surface area contributed by atoms with Crippen molar-refractivity contribution in [1.82, 2.24) is 0 Å². The highest BCUT2D eigenvalue weighted by atomic mass is 32.2. The molecular weight excluding hydrogens is 338 g/mol. The molecule has 0 bridgehead atoms. The number of anilines is 1. The lowest BCUT2D eigenvalue weighted by Gasteiger charge is -2.08. The summed E-state index contributed by atoms with van der Waals surface area (Å²) in [6.07, 6.45) is 4.42. The average molecular weight is 361 g/mol. The Labute approximate surface area is 148 Å². The number of carbonyl (C=O) groups is 1. The zero-order valence-electron chi connectivity index (χ0n) is 14.5. The smallest absolute Gasteiger partial charge is 0.255 e. The van der Waals surface area contributed by atoms with Crippen LogP contribution in [-0.4, -0.2) is 27.2 Å². The summed E-state index contributed by atoms with van der Waals surface area (Å²) in [7, 11) is -3.31. The van der Waals surface area contributed by atoms with Gasteiger partial charge in [0.25, 0.3) is 5.91 Å². The maximum Gasteiger partial charge on any atom is 0.255 e. The lowest BCUT2D eigenvalue weighted by Crippen LogP contribution is -2.12. The predicted octanol–water partition coefficient (Wildman–Crippen LogP) is 3.91. The number of amides is 1. The summed E-state index contributed by atoms with van der Waals surface area (Å²) in [5.41, 5.74) is 0.915. The molecule has 0 spiro atoms. The first-order valence-electron chi connectivity index (χ1n) is 8.24. The molecule has 0 saturated carbocycles. The van der Waals surface area contributed by atoms with Gasteiger partial charge in [-0.2, -0.15) is 0 Å². The second-order valence-electron chi connectivity index (χ2n) is 5.83. The van der Waals surface area contributed by atoms with Gasteiger partial charge in [-0.1, -0.05) is 25.8 Å². The van der Waals surface area contributed by atoms with Crippen LogP contribution in [0.4, 0.5) is 5.69 Å². The largest absolute Gasteiger partial charge is 0.494 e. The number of unbranched alkanes of at least 4 members (excludes halogenated alkanes) is 2. The van der Waals surface area contributed by atoms with Gasteiger partial charge in [0.2, 0.25) is 0 Å². The first kappa shape index (κ1) is 19.0. The van der Waals surface area contributed by atoms with Crippen LogP contribution in [0.15, 0.2) is 53.4 Å². The number of benzene rings is 2. The summed E-state index contributed by atoms with van der Waals surface area (Å²) in [5.74, 6) is 0.426. The Balaban J connectivity index is 1.99. The molecule has 0 aromatic heterocycles. The Bertz CT molecular complexity index is 814. The van der Waals surface area contributed by atoms with Crippen LogP contribution in [-0.2, 0) is 9.84 Å². The quantitative estimate of drug-likeness (QED) is 0.724. The molecule has 0 atom stereocenters. The van der Waals surface area contributed by atoms with Crippen molar-refractivity contribution >= 4 is 21.4 Å². The summed E-state index contributed by atoms with van der Waals surface area (Å²) in [6, 6.07) is 13.1. The molecule has 6 heteroatoms. The minimum absolute atomic E-state index is 0.168. The molecule has 2 aromatic rings. The highest BCUT2D eigenvalue weighted by Crippen LogP contribution is 2.18. The van der Waals surface area contributed by atoms with Crippen LogP contribution < -0.4 is 10.1 Å². The van der Waals surface area contributed by atoms with Crippen molar-refractivity contribution in [2.45, 2.75) is 31.1 Å². The molecule has 0 aliphatic carbocycles. The average Bonchev–Trinajstić information content (AvgIpc) is 2.59. The Hall–Kier alpha value is -2.34. The minimum atomic E-state index is -3.31. The number of rotatable bonds is 8. The van der Waals surface area contributed by atoms with Crippen LogP contribution in [0.2, 0.25) is 0 Å². The monoisotopic (exact) mass is 361 g/mol. The second kappa shape index (κ2) is 8.67. The van der Waals surface area contributed by atoms with Crippen molar-refractivity contribution in [3.8, 4) is 5.75 Å². The molecular formula is C19H23NO4S. The molecule has 2 rings (SSSR count). The fourth-order valence-corrected chi connectivity index (χ4v) is 2.92. The molecule has 1 N–H and O–H groups in total. The standard InChI is InChI=1S/C19H23NO4S/c1-3-4-5-13-24-17-11-9-15(10-12-17)19(21)20-16-7-6-8-18(14-16)25(2,22)23/h6-12,14H,3-5,13H2,1-2H3,(H,20,21). The van der Waals surface area contributed by atoms with Gasteiger partial charge in [-0.15, -0.1) is 0 Å². The van der Waals surface area contributed by atoms with E-state index in [1.807, 2.05) is 0 Å². The lowest BCUT2D eigenvalue weighted by molar-refractivity contribution is 0.102. The number of nitrogens with one attached hydrogen (secondary N) is 1. The van der Waals surface area contributed by atoms with Crippen molar-refractivity contribution in [1.29, 1.82) is 0 Å². The van der Waals surface area contributed by atoms with E-state index in [1.165, 1.54) is 12.1 Å². The maximum absolute atomic E-state index is 12.3. The van der Waals surface area contributed by atoms with E-state index in [0.717, 1.165) is 31.3 Å². The fourth-order valence-electron chi connectivity index (χ4n) is 2.25. The first-order valence-corrected chi connectivity index (χ1v) is 10.1. The van der Waals surface area contributed by atoms with Crippen LogP contribution in [0.3, 0.4) is 0 Å². The van der Waals surface area contributed by atoms with E-state index in [-0.39, 0.29) is 10.8 Å². The molecule has 0 fully saturated rings. The van der Waals surface area contributed by atoms with E-state index < -0.39 is 9.84 Å². The highest BCUT2D eigenvalue weighted by molar-refractivity contribution is 7.90. The zero-order chi connectivity index (χ0) is 18.3. The molecule has 1 amide bonds. The molecule has 0 heterocycles. The topological polar surface area (TPSA) is 72.5 Å². The predicted molar refractivity (Wildman–Crippen MR) is 99.0 cm³/mol. The summed E-state index contributed by atoms with van der Waals surface area (Å²) < 4.78 is 28.8. The molecule has 0 aliphatic rings. The number of hydrogen-bond donors (Lipinski definition) is 1. The van der Waals surface area contributed by atoms with Crippen LogP contribution in [0.5, 0.6) is 5.75 Å². The van der Waals surface area contributed by atoms with Crippen LogP contribution in [0.1, 0.15) is 36.5 Å².